The molecule has 76 valence electrons. The van der Waals surface area contributed by atoms with Crippen LogP contribution in [0.4, 0.5) is 0 Å². The van der Waals surface area contributed by atoms with Crippen LogP contribution in [-0.2, 0) is 14.3 Å². The van der Waals surface area contributed by atoms with Crippen LogP contribution >= 0.6 is 0 Å². The molecule has 0 aromatic rings. The van der Waals surface area contributed by atoms with Crippen LogP contribution in [-0.4, -0.2) is 31.2 Å². The Balaban J connectivity index is 2.42. The zero-order valence-corrected chi connectivity index (χ0v) is 8.41. The van der Waals surface area contributed by atoms with Gasteiger partial charge in [-0.25, -0.2) is 0 Å². The third-order valence-corrected chi connectivity index (χ3v) is 2.26. The van der Waals surface area contributed by atoms with Crippen molar-refractivity contribution in [3.05, 3.63) is 0 Å². The number of rotatable bonds is 4. The van der Waals surface area contributed by atoms with E-state index in [2.05, 4.69) is 0 Å². The Morgan fingerprint density at radius 1 is 1.54 bits per heavy atom. The lowest BCUT2D eigenvalue weighted by atomic mass is 9.96. The van der Waals surface area contributed by atoms with Crippen molar-refractivity contribution < 1.29 is 14.3 Å². The summed E-state index contributed by atoms with van der Waals surface area (Å²) < 4.78 is 10.9. The van der Waals surface area contributed by atoms with Gasteiger partial charge in [-0.05, 0) is 33.1 Å². The molecule has 1 rings (SSSR count). The lowest BCUT2D eigenvalue weighted by Crippen LogP contribution is -2.43. The second kappa shape index (κ2) is 4.72. The molecule has 0 amide bonds. The van der Waals surface area contributed by atoms with Gasteiger partial charge >= 0.3 is 0 Å². The van der Waals surface area contributed by atoms with Crippen LogP contribution in [0.1, 0.15) is 33.1 Å². The van der Waals surface area contributed by atoms with E-state index in [-0.39, 0.29) is 6.10 Å². The van der Waals surface area contributed by atoms with E-state index in [1.165, 1.54) is 0 Å². The third kappa shape index (κ3) is 3.08. The summed E-state index contributed by atoms with van der Waals surface area (Å²) in [6, 6.07) is 0. The number of hydrogen-bond acceptors (Lipinski definition) is 3. The number of carbonyl (C=O) groups excluding carboxylic acids is 1. The summed E-state index contributed by atoms with van der Waals surface area (Å²) in [5.41, 5.74) is -0.650. The Kier molecular flexibility index (Phi) is 3.88. The van der Waals surface area contributed by atoms with Crippen LogP contribution in [0.5, 0.6) is 0 Å². The fraction of sp³-hybridized carbons (Fsp3) is 0.900. The Labute approximate surface area is 79.4 Å². The predicted molar refractivity (Wildman–Crippen MR) is 49.7 cm³/mol. The molecule has 0 bridgehead atoms. The Morgan fingerprint density at radius 3 is 2.77 bits per heavy atom. The van der Waals surface area contributed by atoms with Crippen LogP contribution in [0.25, 0.3) is 0 Å². The predicted octanol–water partition coefficient (Wildman–Crippen LogP) is 1.55. The third-order valence-electron chi connectivity index (χ3n) is 2.26. The van der Waals surface area contributed by atoms with E-state index in [1.54, 1.807) is 0 Å². The van der Waals surface area contributed by atoms with E-state index in [0.29, 0.717) is 13.2 Å². The molecular formula is C10H18O3. The molecule has 1 atom stereocenters. The van der Waals surface area contributed by atoms with Gasteiger partial charge in [0.2, 0.25) is 0 Å². The lowest BCUT2D eigenvalue weighted by molar-refractivity contribution is -0.152. The maximum absolute atomic E-state index is 10.9. The smallest absolute Gasteiger partial charge is 0.154 e. The first kappa shape index (κ1) is 10.7. The van der Waals surface area contributed by atoms with Gasteiger partial charge in [0.05, 0.1) is 12.7 Å². The van der Waals surface area contributed by atoms with Gasteiger partial charge in [0.15, 0.2) is 6.29 Å². The molecule has 0 saturated carbocycles. The molecule has 0 N–H and O–H groups in total. The first-order valence-electron chi connectivity index (χ1n) is 4.90. The Hall–Kier alpha value is -0.410. The minimum absolute atomic E-state index is 0.155. The van der Waals surface area contributed by atoms with Crippen molar-refractivity contribution in [2.45, 2.75) is 44.8 Å². The number of hydrogen-bond donors (Lipinski definition) is 0. The summed E-state index contributed by atoms with van der Waals surface area (Å²) in [7, 11) is 0. The fourth-order valence-electron chi connectivity index (χ4n) is 1.42. The minimum atomic E-state index is -0.650. The average molecular weight is 186 g/mol. The molecule has 3 heteroatoms. The Morgan fingerprint density at radius 2 is 2.31 bits per heavy atom. The monoisotopic (exact) mass is 186 g/mol. The fourth-order valence-corrected chi connectivity index (χ4v) is 1.42. The lowest BCUT2D eigenvalue weighted by Gasteiger charge is -2.32. The molecule has 3 nitrogen and oxygen atoms in total. The molecule has 1 aliphatic rings. The minimum Gasteiger partial charge on any atom is -0.375 e. The summed E-state index contributed by atoms with van der Waals surface area (Å²) in [6.45, 7) is 5.00. The standard InChI is InChI=1S/C10H18O3/c1-9(2)12-8-10(7-11)5-3-4-6-13-10/h7,9H,3-6,8H2,1-2H3. The van der Waals surface area contributed by atoms with Gasteiger partial charge in [-0.3, -0.25) is 0 Å². The molecular weight excluding hydrogens is 168 g/mol. The molecule has 1 fully saturated rings. The highest BCUT2D eigenvalue weighted by Gasteiger charge is 2.33. The van der Waals surface area contributed by atoms with Crippen molar-refractivity contribution in [2.24, 2.45) is 0 Å². The zero-order valence-electron chi connectivity index (χ0n) is 8.41. The summed E-state index contributed by atoms with van der Waals surface area (Å²) in [6.07, 6.45) is 3.96. The largest absolute Gasteiger partial charge is 0.375 e. The highest BCUT2D eigenvalue weighted by Crippen LogP contribution is 2.23. The van der Waals surface area contributed by atoms with Crippen molar-refractivity contribution in [3.63, 3.8) is 0 Å². The quantitative estimate of drug-likeness (QED) is 0.625. The van der Waals surface area contributed by atoms with Crippen molar-refractivity contribution in [1.29, 1.82) is 0 Å². The molecule has 13 heavy (non-hydrogen) atoms. The van der Waals surface area contributed by atoms with Crippen molar-refractivity contribution in [3.8, 4) is 0 Å². The summed E-state index contributed by atoms with van der Waals surface area (Å²) in [5, 5.41) is 0. The molecule has 1 unspecified atom stereocenters. The summed E-state index contributed by atoms with van der Waals surface area (Å²) in [4.78, 5) is 10.9. The maximum atomic E-state index is 10.9. The molecule has 1 heterocycles. The molecule has 0 radical (unpaired) electrons. The zero-order chi connectivity index (χ0) is 9.73. The van der Waals surface area contributed by atoms with Gasteiger partial charge < -0.3 is 14.3 Å². The Bertz CT molecular complexity index is 160. The number of aldehydes is 1. The molecule has 1 aliphatic heterocycles. The summed E-state index contributed by atoms with van der Waals surface area (Å²) >= 11 is 0. The topological polar surface area (TPSA) is 35.5 Å². The first-order chi connectivity index (χ1) is 6.18. The van der Waals surface area contributed by atoms with Crippen molar-refractivity contribution in [2.75, 3.05) is 13.2 Å². The van der Waals surface area contributed by atoms with Crippen LogP contribution < -0.4 is 0 Å². The molecule has 1 saturated heterocycles. The first-order valence-corrected chi connectivity index (χ1v) is 4.90. The average Bonchev–Trinajstić information content (AvgIpc) is 2.16. The second-order valence-corrected chi connectivity index (χ2v) is 3.85. The van der Waals surface area contributed by atoms with E-state index in [1.807, 2.05) is 13.8 Å². The van der Waals surface area contributed by atoms with E-state index < -0.39 is 5.60 Å². The van der Waals surface area contributed by atoms with E-state index in [4.69, 9.17) is 9.47 Å². The van der Waals surface area contributed by atoms with E-state index >= 15 is 0 Å². The highest BCUT2D eigenvalue weighted by atomic mass is 16.5. The molecule has 0 aliphatic carbocycles. The van der Waals surface area contributed by atoms with E-state index in [0.717, 1.165) is 25.5 Å². The van der Waals surface area contributed by atoms with Gasteiger partial charge in [-0.15, -0.1) is 0 Å². The molecule has 0 spiro atoms. The maximum Gasteiger partial charge on any atom is 0.154 e. The van der Waals surface area contributed by atoms with Crippen molar-refractivity contribution >= 4 is 6.29 Å². The normalized spacial score (nSPS) is 29.2. The van der Waals surface area contributed by atoms with Gasteiger partial charge in [0.25, 0.3) is 0 Å². The van der Waals surface area contributed by atoms with Gasteiger partial charge in [-0.1, -0.05) is 0 Å². The van der Waals surface area contributed by atoms with Crippen LogP contribution in [0.15, 0.2) is 0 Å². The number of ether oxygens (including phenoxy) is 2. The van der Waals surface area contributed by atoms with Crippen molar-refractivity contribution in [1.82, 2.24) is 0 Å². The van der Waals surface area contributed by atoms with Crippen LogP contribution in [0, 0.1) is 0 Å². The van der Waals surface area contributed by atoms with E-state index in [9.17, 15) is 4.79 Å². The number of carbonyl (C=O) groups is 1. The molecule has 0 aromatic heterocycles. The molecule has 0 aromatic carbocycles. The second-order valence-electron chi connectivity index (χ2n) is 3.85. The van der Waals surface area contributed by atoms with Gasteiger partial charge in [0, 0.05) is 6.61 Å². The van der Waals surface area contributed by atoms with Gasteiger partial charge in [0.1, 0.15) is 5.60 Å². The van der Waals surface area contributed by atoms with Gasteiger partial charge in [-0.2, -0.15) is 0 Å². The highest BCUT2D eigenvalue weighted by molar-refractivity contribution is 5.62. The van der Waals surface area contributed by atoms with Crippen LogP contribution in [0.3, 0.4) is 0 Å². The summed E-state index contributed by atoms with van der Waals surface area (Å²) in [5.74, 6) is 0. The van der Waals surface area contributed by atoms with Crippen LogP contribution in [0.2, 0.25) is 0 Å². The SMILES string of the molecule is CC(C)OCC1(C=O)CCCCO1.